The van der Waals surface area contributed by atoms with Gasteiger partial charge in [0.15, 0.2) is 0 Å². The van der Waals surface area contributed by atoms with Gasteiger partial charge in [0, 0.05) is 0 Å². The Balaban J connectivity index is 2.70. The van der Waals surface area contributed by atoms with Crippen molar-refractivity contribution in [2.24, 2.45) is 0 Å². The SMILES string of the molecule is O=C(Cl)CNC(=O)c1ccccc1F. The van der Waals surface area contributed by atoms with Crippen molar-refractivity contribution >= 4 is 22.8 Å². The maximum absolute atomic E-state index is 13.0. The second kappa shape index (κ2) is 4.72. The number of hydrogen-bond acceptors (Lipinski definition) is 2. The Kier molecular flexibility index (Phi) is 3.59. The molecule has 0 aliphatic rings. The van der Waals surface area contributed by atoms with Gasteiger partial charge in [-0.2, -0.15) is 0 Å². The molecule has 0 aliphatic heterocycles. The first kappa shape index (κ1) is 10.7. The molecule has 1 amide bonds. The maximum atomic E-state index is 13.0. The fraction of sp³-hybridized carbons (Fsp3) is 0.111. The van der Waals surface area contributed by atoms with E-state index in [1.165, 1.54) is 18.2 Å². The van der Waals surface area contributed by atoms with E-state index in [2.05, 4.69) is 5.32 Å². The van der Waals surface area contributed by atoms with E-state index in [1.54, 1.807) is 0 Å². The number of benzene rings is 1. The molecule has 0 saturated heterocycles. The van der Waals surface area contributed by atoms with Crippen LogP contribution in [0.2, 0.25) is 0 Å². The number of halogens is 2. The summed E-state index contributed by atoms with van der Waals surface area (Å²) in [4.78, 5) is 21.5. The van der Waals surface area contributed by atoms with E-state index in [0.29, 0.717) is 0 Å². The molecule has 0 radical (unpaired) electrons. The Bertz CT molecular complexity index is 368. The van der Waals surface area contributed by atoms with Gasteiger partial charge >= 0.3 is 0 Å². The molecule has 5 heteroatoms. The third-order valence-electron chi connectivity index (χ3n) is 1.51. The molecular weight excluding hydrogens is 209 g/mol. The Labute approximate surface area is 84.9 Å². The summed E-state index contributed by atoms with van der Waals surface area (Å²) in [5, 5.41) is 1.48. The van der Waals surface area contributed by atoms with Crippen LogP contribution >= 0.6 is 11.6 Å². The molecule has 0 heterocycles. The molecule has 0 bridgehead atoms. The minimum absolute atomic E-state index is 0.106. The van der Waals surface area contributed by atoms with Gasteiger partial charge in [-0.25, -0.2) is 4.39 Å². The topological polar surface area (TPSA) is 46.2 Å². The van der Waals surface area contributed by atoms with E-state index in [0.717, 1.165) is 6.07 Å². The van der Waals surface area contributed by atoms with Crippen molar-refractivity contribution in [2.75, 3.05) is 6.54 Å². The third kappa shape index (κ3) is 2.81. The van der Waals surface area contributed by atoms with Crippen LogP contribution in [0.15, 0.2) is 24.3 Å². The first-order valence-corrected chi connectivity index (χ1v) is 4.20. The molecule has 0 saturated carbocycles. The molecule has 0 fully saturated rings. The van der Waals surface area contributed by atoms with Crippen LogP contribution in [-0.4, -0.2) is 17.7 Å². The highest BCUT2D eigenvalue weighted by Crippen LogP contribution is 2.05. The van der Waals surface area contributed by atoms with Crippen LogP contribution in [0.25, 0.3) is 0 Å². The highest BCUT2D eigenvalue weighted by Gasteiger charge is 2.10. The minimum atomic E-state index is -0.699. The molecule has 1 rings (SSSR count). The zero-order valence-electron chi connectivity index (χ0n) is 7.09. The molecule has 0 aliphatic carbocycles. The van der Waals surface area contributed by atoms with Crippen LogP contribution in [0.5, 0.6) is 0 Å². The van der Waals surface area contributed by atoms with Gasteiger partial charge in [-0.1, -0.05) is 12.1 Å². The van der Waals surface area contributed by atoms with Gasteiger partial charge in [0.2, 0.25) is 5.24 Å². The first-order valence-electron chi connectivity index (χ1n) is 3.82. The summed E-state index contributed by atoms with van der Waals surface area (Å²) in [5.41, 5.74) is -0.106. The quantitative estimate of drug-likeness (QED) is 0.773. The predicted molar refractivity (Wildman–Crippen MR) is 49.6 cm³/mol. The summed E-state index contributed by atoms with van der Waals surface area (Å²) in [6.45, 7) is -0.311. The van der Waals surface area contributed by atoms with Crippen LogP contribution in [-0.2, 0) is 4.79 Å². The molecule has 14 heavy (non-hydrogen) atoms. The Hall–Kier alpha value is -1.42. The number of nitrogens with one attached hydrogen (secondary N) is 1. The summed E-state index contributed by atoms with van der Waals surface area (Å²) in [6.07, 6.45) is 0. The van der Waals surface area contributed by atoms with Crippen LogP contribution in [0.4, 0.5) is 4.39 Å². The molecular formula is C9H7ClFNO2. The molecule has 0 atom stereocenters. The summed E-state index contributed by atoms with van der Waals surface area (Å²) in [5.74, 6) is -1.29. The summed E-state index contributed by atoms with van der Waals surface area (Å²) >= 11 is 5.00. The molecule has 74 valence electrons. The van der Waals surface area contributed by atoms with Gasteiger partial charge in [-0.3, -0.25) is 9.59 Å². The van der Waals surface area contributed by atoms with Crippen molar-refractivity contribution in [2.45, 2.75) is 0 Å². The lowest BCUT2D eigenvalue weighted by atomic mass is 10.2. The molecule has 1 aromatic carbocycles. The summed E-state index contributed by atoms with van der Waals surface area (Å²) in [6, 6.07) is 5.49. The predicted octanol–water partition coefficient (Wildman–Crippen LogP) is 1.32. The van der Waals surface area contributed by atoms with Crippen molar-refractivity contribution in [1.29, 1.82) is 0 Å². The molecule has 1 aromatic rings. The van der Waals surface area contributed by atoms with E-state index in [1.807, 2.05) is 0 Å². The monoisotopic (exact) mass is 215 g/mol. The fourth-order valence-electron chi connectivity index (χ4n) is 0.890. The lowest BCUT2D eigenvalue weighted by Crippen LogP contribution is -2.28. The number of carbonyl (C=O) groups excluding carboxylic acids is 2. The average molecular weight is 216 g/mol. The van der Waals surface area contributed by atoms with Crippen LogP contribution < -0.4 is 5.32 Å². The van der Waals surface area contributed by atoms with Crippen LogP contribution in [0.3, 0.4) is 0 Å². The van der Waals surface area contributed by atoms with E-state index in [-0.39, 0.29) is 12.1 Å². The van der Waals surface area contributed by atoms with Gasteiger partial charge < -0.3 is 5.32 Å². The molecule has 3 nitrogen and oxygen atoms in total. The largest absolute Gasteiger partial charge is 0.344 e. The second-order valence-electron chi connectivity index (χ2n) is 2.52. The smallest absolute Gasteiger partial charge is 0.254 e. The second-order valence-corrected chi connectivity index (χ2v) is 2.94. The number of rotatable bonds is 3. The Morgan fingerprint density at radius 2 is 2.00 bits per heavy atom. The van der Waals surface area contributed by atoms with Crippen molar-refractivity contribution in [3.05, 3.63) is 35.6 Å². The van der Waals surface area contributed by atoms with Gasteiger partial charge in [-0.05, 0) is 23.7 Å². The summed E-state index contributed by atoms with van der Waals surface area (Å²) in [7, 11) is 0. The third-order valence-corrected chi connectivity index (χ3v) is 1.64. The fourth-order valence-corrected chi connectivity index (χ4v) is 0.957. The highest BCUT2D eigenvalue weighted by molar-refractivity contribution is 6.64. The number of hydrogen-bond donors (Lipinski definition) is 1. The van der Waals surface area contributed by atoms with Crippen molar-refractivity contribution < 1.29 is 14.0 Å². The van der Waals surface area contributed by atoms with Crippen molar-refractivity contribution in [3.63, 3.8) is 0 Å². The lowest BCUT2D eigenvalue weighted by Gasteiger charge is -2.02. The van der Waals surface area contributed by atoms with Gasteiger partial charge in [0.25, 0.3) is 5.91 Å². The first-order chi connectivity index (χ1) is 6.61. The zero-order chi connectivity index (χ0) is 10.6. The normalized spacial score (nSPS) is 9.57. The minimum Gasteiger partial charge on any atom is -0.344 e. The zero-order valence-corrected chi connectivity index (χ0v) is 7.84. The van der Waals surface area contributed by atoms with E-state index in [4.69, 9.17) is 11.6 Å². The molecule has 0 unspecified atom stereocenters. The Morgan fingerprint density at radius 1 is 1.36 bits per heavy atom. The average Bonchev–Trinajstić information content (AvgIpc) is 2.15. The lowest BCUT2D eigenvalue weighted by molar-refractivity contribution is -0.110. The van der Waals surface area contributed by atoms with Gasteiger partial charge in [0.05, 0.1) is 12.1 Å². The standard InChI is InChI=1S/C9H7ClFNO2/c10-8(13)5-12-9(14)6-3-1-2-4-7(6)11/h1-4H,5H2,(H,12,14). The molecule has 0 aromatic heterocycles. The van der Waals surface area contributed by atoms with Crippen molar-refractivity contribution in [3.8, 4) is 0 Å². The molecule has 0 spiro atoms. The van der Waals surface area contributed by atoms with Gasteiger partial charge in [-0.15, -0.1) is 0 Å². The number of amides is 1. The Morgan fingerprint density at radius 3 is 2.57 bits per heavy atom. The van der Waals surface area contributed by atoms with E-state index in [9.17, 15) is 14.0 Å². The van der Waals surface area contributed by atoms with E-state index >= 15 is 0 Å². The van der Waals surface area contributed by atoms with E-state index < -0.39 is 17.0 Å². The van der Waals surface area contributed by atoms with Crippen LogP contribution in [0.1, 0.15) is 10.4 Å². The molecule has 1 N–H and O–H groups in total. The highest BCUT2D eigenvalue weighted by atomic mass is 35.5. The number of carbonyl (C=O) groups is 2. The van der Waals surface area contributed by atoms with Crippen LogP contribution in [0, 0.1) is 5.82 Å². The maximum Gasteiger partial charge on any atom is 0.254 e. The van der Waals surface area contributed by atoms with Crippen molar-refractivity contribution in [1.82, 2.24) is 5.32 Å². The summed E-state index contributed by atoms with van der Waals surface area (Å²) < 4.78 is 13.0. The van der Waals surface area contributed by atoms with Gasteiger partial charge in [0.1, 0.15) is 5.82 Å².